The van der Waals surface area contributed by atoms with Crippen molar-refractivity contribution in [2.75, 3.05) is 23.9 Å². The van der Waals surface area contributed by atoms with Gasteiger partial charge in [-0.15, -0.1) is 0 Å². The first kappa shape index (κ1) is 16.4. The second-order valence-electron chi connectivity index (χ2n) is 6.43. The average Bonchev–Trinajstić information content (AvgIpc) is 3.00. The number of hydrogen-bond donors (Lipinski definition) is 1. The number of aliphatic imine (C=N–C) groups is 1. The molecule has 1 N–H and O–H groups in total. The van der Waals surface area contributed by atoms with Crippen LogP contribution in [0.15, 0.2) is 53.5 Å². The maximum Gasteiger partial charge on any atom is 0.269 e. The number of fused-ring (bicyclic) bond motifs is 2. The monoisotopic (exact) mass is 352 g/mol. The Kier molecular flexibility index (Phi) is 3.99. The van der Waals surface area contributed by atoms with Crippen molar-refractivity contribution in [2.45, 2.75) is 25.0 Å². The lowest BCUT2D eigenvalue weighted by molar-refractivity contribution is -0.384. The molecule has 7 heteroatoms. The summed E-state index contributed by atoms with van der Waals surface area (Å²) in [6.45, 7) is 2.46. The van der Waals surface area contributed by atoms with Crippen LogP contribution in [0, 0.1) is 10.1 Å². The normalized spacial score (nSPS) is 23.5. The van der Waals surface area contributed by atoms with E-state index in [4.69, 9.17) is 9.73 Å². The van der Waals surface area contributed by atoms with Crippen molar-refractivity contribution >= 4 is 23.0 Å². The molecule has 0 saturated heterocycles. The highest BCUT2D eigenvalue weighted by molar-refractivity contribution is 5.90. The van der Waals surface area contributed by atoms with Gasteiger partial charge in [0.1, 0.15) is 6.17 Å². The van der Waals surface area contributed by atoms with E-state index in [-0.39, 0.29) is 28.7 Å². The third kappa shape index (κ3) is 2.56. The molecule has 2 heterocycles. The molecule has 0 saturated carbocycles. The predicted molar refractivity (Wildman–Crippen MR) is 101 cm³/mol. The van der Waals surface area contributed by atoms with Crippen LogP contribution in [0.2, 0.25) is 0 Å². The number of non-ortho nitro benzene ring substituents is 1. The minimum absolute atomic E-state index is 0.0351. The Balaban J connectivity index is 1.74. The lowest BCUT2D eigenvalue weighted by Crippen LogP contribution is -2.49. The molecule has 2 aliphatic heterocycles. The molecule has 0 fully saturated rings. The van der Waals surface area contributed by atoms with Crippen LogP contribution >= 0.6 is 0 Å². The van der Waals surface area contributed by atoms with Crippen LogP contribution in [-0.2, 0) is 4.74 Å². The maximum absolute atomic E-state index is 11.0. The third-order valence-electron chi connectivity index (χ3n) is 4.99. The van der Waals surface area contributed by atoms with Crippen LogP contribution in [0.25, 0.3) is 0 Å². The number of ether oxygens (including phenoxy) is 1. The van der Waals surface area contributed by atoms with E-state index in [2.05, 4.69) is 23.3 Å². The number of nitrogens with zero attached hydrogens (tertiary/aromatic N) is 3. The van der Waals surface area contributed by atoms with Crippen LogP contribution in [0.1, 0.15) is 18.4 Å². The summed E-state index contributed by atoms with van der Waals surface area (Å²) in [6, 6.07) is 14.8. The summed E-state index contributed by atoms with van der Waals surface area (Å²) < 4.78 is 5.84. The van der Waals surface area contributed by atoms with Crippen LogP contribution in [-0.4, -0.2) is 36.7 Å². The van der Waals surface area contributed by atoms with Crippen molar-refractivity contribution in [1.82, 2.24) is 0 Å². The molecule has 0 radical (unpaired) electrons. The molecule has 7 nitrogen and oxygen atoms in total. The molecule has 0 spiro atoms. The lowest BCUT2D eigenvalue weighted by Gasteiger charge is -2.40. The lowest BCUT2D eigenvalue weighted by atomic mass is 9.89. The van der Waals surface area contributed by atoms with E-state index >= 15 is 0 Å². The van der Waals surface area contributed by atoms with Crippen molar-refractivity contribution in [1.29, 1.82) is 0 Å². The number of hydrogen-bond acceptors (Lipinski definition) is 6. The minimum atomic E-state index is -0.386. The number of rotatable bonds is 3. The summed E-state index contributed by atoms with van der Waals surface area (Å²) in [6.07, 6.45) is -0.128. The van der Waals surface area contributed by atoms with Gasteiger partial charge in [0.2, 0.25) is 0 Å². The van der Waals surface area contributed by atoms with Gasteiger partial charge < -0.3 is 15.0 Å². The maximum atomic E-state index is 11.0. The van der Waals surface area contributed by atoms with Crippen molar-refractivity contribution in [2.24, 2.45) is 4.99 Å². The molecule has 2 aliphatic rings. The quantitative estimate of drug-likeness (QED) is 0.676. The Labute approximate surface area is 151 Å². The van der Waals surface area contributed by atoms with Crippen molar-refractivity contribution in [3.8, 4) is 0 Å². The summed E-state index contributed by atoms with van der Waals surface area (Å²) in [5.74, 6) is 0.579. The molecule has 4 rings (SSSR count). The first-order valence-electron chi connectivity index (χ1n) is 8.63. The van der Waals surface area contributed by atoms with Gasteiger partial charge in [0, 0.05) is 19.2 Å². The summed E-state index contributed by atoms with van der Waals surface area (Å²) in [4.78, 5) is 17.6. The number of nitro benzene ring substituents is 1. The third-order valence-corrected chi connectivity index (χ3v) is 4.99. The number of likely N-dealkylation sites (N-methyl/N-ethyl adjacent to an activating group) is 1. The zero-order valence-corrected chi connectivity index (χ0v) is 14.6. The Bertz CT molecular complexity index is 865. The Morgan fingerprint density at radius 3 is 2.65 bits per heavy atom. The van der Waals surface area contributed by atoms with Gasteiger partial charge in [0.05, 0.1) is 34.9 Å². The molecular formula is C19H20N4O3. The van der Waals surface area contributed by atoms with Gasteiger partial charge in [0.15, 0.2) is 5.90 Å². The number of anilines is 2. The molecule has 26 heavy (non-hydrogen) atoms. The van der Waals surface area contributed by atoms with Gasteiger partial charge in [-0.3, -0.25) is 10.1 Å². The molecule has 0 bridgehead atoms. The first-order chi connectivity index (χ1) is 12.6. The van der Waals surface area contributed by atoms with E-state index in [0.717, 1.165) is 16.9 Å². The summed E-state index contributed by atoms with van der Waals surface area (Å²) >= 11 is 0. The highest BCUT2D eigenvalue weighted by Crippen LogP contribution is 2.42. The van der Waals surface area contributed by atoms with Crippen molar-refractivity contribution in [3.05, 3.63) is 64.2 Å². The topological polar surface area (TPSA) is 80.0 Å². The standard InChI is InChI=1S/C19H20N4O3/c1-3-26-19-16(12-8-10-13(11-9-12)23(24)25)17-18(21-19)20-14-6-4-5-7-15(14)22(17)2/h4-11,16-18,20H,3H2,1-2H3/t16-,17+,18-/m0/s1. The SMILES string of the molecule is CCOC1=N[C@@H]2Nc3ccccc3N(C)[C@@H]2[C@@H]1c1ccc([N+](=O)[O-])cc1. The van der Waals surface area contributed by atoms with E-state index in [1.807, 2.05) is 25.1 Å². The first-order valence-corrected chi connectivity index (χ1v) is 8.63. The van der Waals surface area contributed by atoms with Gasteiger partial charge in [-0.25, -0.2) is 4.99 Å². The van der Waals surface area contributed by atoms with E-state index in [1.165, 1.54) is 12.1 Å². The number of para-hydroxylation sites is 2. The van der Waals surface area contributed by atoms with Crippen LogP contribution < -0.4 is 10.2 Å². The van der Waals surface area contributed by atoms with Crippen molar-refractivity contribution in [3.63, 3.8) is 0 Å². The van der Waals surface area contributed by atoms with E-state index in [9.17, 15) is 10.1 Å². The highest BCUT2D eigenvalue weighted by Gasteiger charge is 2.46. The number of benzene rings is 2. The van der Waals surface area contributed by atoms with Crippen molar-refractivity contribution < 1.29 is 9.66 Å². The largest absolute Gasteiger partial charge is 0.481 e. The molecule has 134 valence electrons. The number of nitrogens with one attached hydrogen (secondary N) is 1. The fraction of sp³-hybridized carbons (Fsp3) is 0.316. The van der Waals surface area contributed by atoms with Gasteiger partial charge in [-0.1, -0.05) is 24.3 Å². The van der Waals surface area contributed by atoms with E-state index in [0.29, 0.717) is 12.5 Å². The van der Waals surface area contributed by atoms with Crippen LogP contribution in [0.4, 0.5) is 17.1 Å². The fourth-order valence-corrected chi connectivity index (χ4v) is 3.82. The number of nitro groups is 1. The molecule has 3 atom stereocenters. The Hall–Kier alpha value is -3.09. The second kappa shape index (κ2) is 6.33. The van der Waals surface area contributed by atoms with Gasteiger partial charge in [-0.2, -0.15) is 0 Å². The molecule has 0 amide bonds. The van der Waals surface area contributed by atoms with Gasteiger partial charge >= 0.3 is 0 Å². The van der Waals surface area contributed by atoms with Gasteiger partial charge in [-0.05, 0) is 24.6 Å². The molecule has 0 unspecified atom stereocenters. The predicted octanol–water partition coefficient (Wildman–Crippen LogP) is 3.38. The average molecular weight is 352 g/mol. The molecule has 2 aromatic rings. The van der Waals surface area contributed by atoms with Gasteiger partial charge in [0.25, 0.3) is 5.69 Å². The summed E-state index contributed by atoms with van der Waals surface area (Å²) in [5, 5.41) is 14.4. The Morgan fingerprint density at radius 2 is 1.96 bits per heavy atom. The van der Waals surface area contributed by atoms with E-state index in [1.54, 1.807) is 12.1 Å². The van der Waals surface area contributed by atoms with Crippen LogP contribution in [0.3, 0.4) is 0 Å². The second-order valence-corrected chi connectivity index (χ2v) is 6.43. The smallest absolute Gasteiger partial charge is 0.269 e. The molecular weight excluding hydrogens is 332 g/mol. The molecule has 0 aliphatic carbocycles. The fourth-order valence-electron chi connectivity index (χ4n) is 3.82. The van der Waals surface area contributed by atoms with Crippen LogP contribution in [0.5, 0.6) is 0 Å². The molecule has 2 aromatic carbocycles. The minimum Gasteiger partial charge on any atom is -0.481 e. The van der Waals surface area contributed by atoms with E-state index < -0.39 is 0 Å². The molecule has 0 aromatic heterocycles. The summed E-state index contributed by atoms with van der Waals surface area (Å²) in [7, 11) is 2.06. The highest BCUT2D eigenvalue weighted by atomic mass is 16.6. The zero-order chi connectivity index (χ0) is 18.3. The summed E-state index contributed by atoms with van der Waals surface area (Å²) in [5.41, 5.74) is 3.19. The zero-order valence-electron chi connectivity index (χ0n) is 14.6. The Morgan fingerprint density at radius 1 is 1.23 bits per heavy atom.